The van der Waals surface area contributed by atoms with Crippen molar-refractivity contribution >= 4 is 24.1 Å². The van der Waals surface area contributed by atoms with E-state index in [0.717, 1.165) is 24.8 Å². The lowest BCUT2D eigenvalue weighted by molar-refractivity contribution is 0.00379. The Bertz CT molecular complexity index is 888. The predicted octanol–water partition coefficient (Wildman–Crippen LogP) is 3.73. The Morgan fingerprint density at radius 1 is 0.889 bits per heavy atom. The van der Waals surface area contributed by atoms with E-state index >= 15 is 0 Å². The van der Waals surface area contributed by atoms with Gasteiger partial charge in [0.2, 0.25) is 0 Å². The van der Waals surface area contributed by atoms with Gasteiger partial charge in [-0.15, -0.1) is 4.79 Å². The molecule has 0 bridgehead atoms. The Morgan fingerprint density at radius 2 is 1.44 bits per heavy atom. The van der Waals surface area contributed by atoms with E-state index in [0.29, 0.717) is 36.8 Å². The van der Waals surface area contributed by atoms with Crippen LogP contribution in [-0.4, -0.2) is 31.8 Å². The lowest BCUT2D eigenvalue weighted by Crippen LogP contribution is -2.29. The zero-order valence-electron chi connectivity index (χ0n) is 16.7. The molecular weight excluding hydrogens is 384 g/mol. The number of aryl methyl sites for hydroxylation is 3. The van der Waals surface area contributed by atoms with Crippen LogP contribution in [0.25, 0.3) is 5.53 Å². The monoisotopic (exact) mass is 414 g/mol. The fourth-order valence-corrected chi connectivity index (χ4v) is 7.18. The highest BCUT2D eigenvalue weighted by molar-refractivity contribution is 8.31. The summed E-state index contributed by atoms with van der Waals surface area (Å²) < 4.78 is 50.4. The maximum atomic E-state index is 13.2. The third-order valence-corrected chi connectivity index (χ3v) is 9.05. The second kappa shape index (κ2) is 10.2. The van der Waals surface area contributed by atoms with E-state index in [1.54, 1.807) is 12.1 Å². The van der Waals surface area contributed by atoms with Crippen molar-refractivity contribution in [1.82, 2.24) is 0 Å². The Labute approximate surface area is 163 Å². The van der Waals surface area contributed by atoms with Crippen LogP contribution < -0.4 is 0 Å². The van der Waals surface area contributed by atoms with Gasteiger partial charge in [-0.2, -0.15) is 0 Å². The third-order valence-electron chi connectivity index (χ3n) is 4.59. The molecule has 0 saturated heterocycles. The summed E-state index contributed by atoms with van der Waals surface area (Å²) >= 11 is 0. The molecule has 8 heteroatoms. The molecule has 0 heterocycles. The number of sulfone groups is 2. The number of hydrogen-bond acceptors (Lipinski definition) is 4. The quantitative estimate of drug-likeness (QED) is 0.202. The van der Waals surface area contributed by atoms with Gasteiger partial charge >= 0.3 is 4.38 Å². The minimum atomic E-state index is -4.45. The molecule has 152 valence electrons. The summed E-state index contributed by atoms with van der Waals surface area (Å²) in [7, 11) is -8.66. The van der Waals surface area contributed by atoms with Crippen LogP contribution in [0.3, 0.4) is 0 Å². The summed E-state index contributed by atoms with van der Waals surface area (Å²) in [6.45, 7) is 7.62. The van der Waals surface area contributed by atoms with Gasteiger partial charge in [0.05, 0.1) is 10.6 Å². The molecule has 0 fully saturated rings. The number of benzene rings is 1. The fraction of sp³-hybridized carbons (Fsp3) is 0.632. The molecule has 0 amide bonds. The molecule has 0 spiro atoms. The van der Waals surface area contributed by atoms with E-state index in [2.05, 4.69) is 4.79 Å². The molecule has 1 aromatic rings. The smallest absolute Gasteiger partial charge is 0.359 e. The summed E-state index contributed by atoms with van der Waals surface area (Å²) in [4.78, 5) is 2.71. The van der Waals surface area contributed by atoms with Crippen LogP contribution in [0.2, 0.25) is 0 Å². The summed E-state index contributed by atoms with van der Waals surface area (Å²) in [6, 6.07) is 3.57. The van der Waals surface area contributed by atoms with Crippen LogP contribution >= 0.6 is 0 Å². The second-order valence-electron chi connectivity index (χ2n) is 6.55. The van der Waals surface area contributed by atoms with Crippen molar-refractivity contribution in [1.29, 1.82) is 0 Å². The normalized spacial score (nSPS) is 12.0. The first kappa shape index (κ1) is 23.5. The minimum absolute atomic E-state index is 0.0327. The van der Waals surface area contributed by atoms with Gasteiger partial charge in [0.25, 0.3) is 19.7 Å². The van der Waals surface area contributed by atoms with E-state index in [1.807, 2.05) is 27.7 Å². The van der Waals surface area contributed by atoms with Gasteiger partial charge in [-0.05, 0) is 42.4 Å². The molecule has 0 unspecified atom stereocenters. The Kier molecular flexibility index (Phi) is 8.85. The second-order valence-corrected chi connectivity index (χ2v) is 10.6. The van der Waals surface area contributed by atoms with Crippen LogP contribution in [-0.2, 0) is 38.9 Å². The van der Waals surface area contributed by atoms with E-state index in [-0.39, 0.29) is 10.6 Å². The molecule has 0 aliphatic carbocycles. The zero-order chi connectivity index (χ0) is 20.7. The summed E-state index contributed by atoms with van der Waals surface area (Å²) in [6.07, 6.45) is 4.43. The summed E-state index contributed by atoms with van der Waals surface area (Å²) in [5.41, 5.74) is 11.4. The van der Waals surface area contributed by atoms with Crippen LogP contribution in [0.1, 0.15) is 70.1 Å². The third kappa shape index (κ3) is 5.50. The van der Waals surface area contributed by atoms with Crippen molar-refractivity contribution in [3.8, 4) is 0 Å². The lowest BCUT2D eigenvalue weighted by Gasteiger charge is -2.14. The van der Waals surface area contributed by atoms with Gasteiger partial charge in [-0.3, -0.25) is 0 Å². The topological polar surface area (TPSA) is 105 Å². The Hall–Kier alpha value is -1.50. The molecule has 0 aromatic heterocycles. The van der Waals surface area contributed by atoms with Crippen LogP contribution in [0.4, 0.5) is 0 Å². The van der Waals surface area contributed by atoms with Gasteiger partial charge in [-0.25, -0.2) is 16.8 Å². The van der Waals surface area contributed by atoms with Gasteiger partial charge in [0.15, 0.2) is 0 Å². The van der Waals surface area contributed by atoms with Crippen molar-refractivity contribution < 1.29 is 21.6 Å². The van der Waals surface area contributed by atoms with Crippen LogP contribution in [0.5, 0.6) is 0 Å². The maximum absolute atomic E-state index is 13.2. The molecule has 6 nitrogen and oxygen atoms in total. The van der Waals surface area contributed by atoms with Crippen molar-refractivity contribution in [3.05, 3.63) is 34.4 Å². The standard InChI is InChI=1S/C19H30N2O4S2/c1-5-9-10-11-12-26(22,23)19(21-20)27(24,25)18-16(7-3)13-15(6-2)14-17(18)8-4/h13-14H,5-12H2,1-4H3. The summed E-state index contributed by atoms with van der Waals surface area (Å²) in [5, 5.41) is 0. The average Bonchev–Trinajstić information content (AvgIpc) is 2.63. The first-order valence-corrected chi connectivity index (χ1v) is 12.7. The molecular formula is C19H30N2O4S2. The first-order chi connectivity index (χ1) is 12.7. The first-order valence-electron chi connectivity index (χ1n) is 9.54. The van der Waals surface area contributed by atoms with Gasteiger partial charge in [-0.1, -0.05) is 59.1 Å². The summed E-state index contributed by atoms with van der Waals surface area (Å²) in [5.74, 6) is -0.346. The van der Waals surface area contributed by atoms with Crippen molar-refractivity contribution in [3.63, 3.8) is 0 Å². The van der Waals surface area contributed by atoms with Crippen molar-refractivity contribution in [2.75, 3.05) is 5.75 Å². The lowest BCUT2D eigenvalue weighted by atomic mass is 10.0. The number of rotatable bonds is 9. The van der Waals surface area contributed by atoms with E-state index in [4.69, 9.17) is 0 Å². The highest BCUT2D eigenvalue weighted by Gasteiger charge is 2.44. The van der Waals surface area contributed by atoms with E-state index in [9.17, 15) is 22.4 Å². The molecule has 0 radical (unpaired) electrons. The maximum Gasteiger partial charge on any atom is 0.499 e. The molecule has 27 heavy (non-hydrogen) atoms. The van der Waals surface area contributed by atoms with E-state index < -0.39 is 24.1 Å². The molecule has 0 atom stereocenters. The Morgan fingerprint density at radius 3 is 1.85 bits per heavy atom. The minimum Gasteiger partial charge on any atom is -0.359 e. The highest BCUT2D eigenvalue weighted by Crippen LogP contribution is 2.27. The SMILES string of the molecule is CCCCCCS(=O)(=O)C(=[N+]=[N-])S(=O)(=O)c1c(CC)cc(CC)cc1CC. The van der Waals surface area contributed by atoms with Crippen LogP contribution in [0, 0.1) is 0 Å². The number of unbranched alkanes of at least 4 members (excludes halogenated alkanes) is 3. The Balaban J connectivity index is 3.50. The molecule has 0 aliphatic heterocycles. The largest absolute Gasteiger partial charge is 0.499 e. The number of hydrogen-bond donors (Lipinski definition) is 0. The highest BCUT2D eigenvalue weighted by atomic mass is 32.3. The average molecular weight is 415 g/mol. The van der Waals surface area contributed by atoms with Crippen molar-refractivity contribution in [2.24, 2.45) is 0 Å². The van der Waals surface area contributed by atoms with Gasteiger partial charge in [0, 0.05) is 0 Å². The zero-order valence-corrected chi connectivity index (χ0v) is 18.3. The van der Waals surface area contributed by atoms with Crippen LogP contribution in [0.15, 0.2) is 17.0 Å². The molecule has 0 aliphatic rings. The fourth-order valence-electron chi connectivity index (χ4n) is 3.08. The molecule has 0 N–H and O–H groups in total. The predicted molar refractivity (Wildman–Crippen MR) is 108 cm³/mol. The van der Waals surface area contributed by atoms with Crippen molar-refractivity contribution in [2.45, 2.75) is 77.5 Å². The molecule has 0 saturated carbocycles. The van der Waals surface area contributed by atoms with E-state index in [1.165, 1.54) is 0 Å². The molecule has 1 rings (SSSR count). The van der Waals surface area contributed by atoms with Gasteiger partial charge in [0.1, 0.15) is 0 Å². The number of nitrogens with zero attached hydrogens (tertiary/aromatic N) is 2. The molecule has 1 aromatic carbocycles. The van der Waals surface area contributed by atoms with Gasteiger partial charge < -0.3 is 5.53 Å².